The minimum atomic E-state index is -3.36. The first-order valence-corrected chi connectivity index (χ1v) is 12.5. The van der Waals surface area contributed by atoms with Crippen LogP contribution in [0.2, 0.25) is 0 Å². The van der Waals surface area contributed by atoms with Crippen molar-refractivity contribution in [3.05, 3.63) is 41.0 Å². The summed E-state index contributed by atoms with van der Waals surface area (Å²) < 4.78 is 26.8. The fourth-order valence-corrected chi connectivity index (χ4v) is 5.47. The summed E-state index contributed by atoms with van der Waals surface area (Å²) in [7, 11) is -3.36. The SMILES string of the molecule is CCc1cc2nc3n(c2cc1S(C)(=O)=O)CCN(c1ncc(C(=O)O)c(C)n1)[C@@H]3C(C)C. The normalized spacial score (nSPS) is 16.6. The van der Waals surface area contributed by atoms with E-state index in [-0.39, 0.29) is 17.5 Å². The summed E-state index contributed by atoms with van der Waals surface area (Å²) in [6.45, 7) is 8.96. The Morgan fingerprint density at radius 2 is 1.97 bits per heavy atom. The number of carboxylic acid groups (broad SMARTS) is 1. The highest BCUT2D eigenvalue weighted by Crippen LogP contribution is 2.37. The average molecular weight is 458 g/mol. The van der Waals surface area contributed by atoms with E-state index in [1.807, 2.05) is 13.0 Å². The van der Waals surface area contributed by atoms with Crippen LogP contribution in [0.25, 0.3) is 11.0 Å². The topological polar surface area (TPSA) is 118 Å². The molecular weight excluding hydrogens is 430 g/mol. The van der Waals surface area contributed by atoms with Crippen LogP contribution in [-0.4, -0.2) is 51.8 Å². The lowest BCUT2D eigenvalue weighted by molar-refractivity contribution is 0.0695. The number of anilines is 1. The number of aryl methyl sites for hydroxylation is 2. The highest BCUT2D eigenvalue weighted by Gasteiger charge is 2.35. The lowest BCUT2D eigenvalue weighted by Gasteiger charge is -2.38. The zero-order valence-electron chi connectivity index (χ0n) is 18.8. The van der Waals surface area contributed by atoms with Gasteiger partial charge in [0.05, 0.1) is 33.2 Å². The maximum atomic E-state index is 12.4. The third-order valence-electron chi connectivity index (χ3n) is 5.99. The fraction of sp³-hybridized carbons (Fsp3) is 0.455. The smallest absolute Gasteiger partial charge is 0.339 e. The summed E-state index contributed by atoms with van der Waals surface area (Å²) in [5.41, 5.74) is 2.84. The molecule has 0 saturated carbocycles. The monoisotopic (exact) mass is 457 g/mol. The molecule has 4 rings (SSSR count). The summed E-state index contributed by atoms with van der Waals surface area (Å²) in [4.78, 5) is 27.5. The highest BCUT2D eigenvalue weighted by molar-refractivity contribution is 7.90. The molecule has 2 aromatic heterocycles. The molecule has 1 aliphatic heterocycles. The van der Waals surface area contributed by atoms with Gasteiger partial charge in [-0.3, -0.25) is 0 Å². The molecule has 0 bridgehead atoms. The van der Waals surface area contributed by atoms with Crippen LogP contribution >= 0.6 is 0 Å². The molecule has 0 amide bonds. The van der Waals surface area contributed by atoms with Crippen molar-refractivity contribution in [2.45, 2.75) is 51.6 Å². The van der Waals surface area contributed by atoms with Crippen molar-refractivity contribution in [1.82, 2.24) is 19.5 Å². The number of nitrogens with zero attached hydrogens (tertiary/aromatic N) is 5. The fourth-order valence-electron chi connectivity index (χ4n) is 4.47. The molecule has 1 aliphatic rings. The predicted molar refractivity (Wildman–Crippen MR) is 121 cm³/mol. The van der Waals surface area contributed by atoms with Gasteiger partial charge in [-0.1, -0.05) is 20.8 Å². The van der Waals surface area contributed by atoms with Crippen LogP contribution in [0.4, 0.5) is 5.95 Å². The van der Waals surface area contributed by atoms with Gasteiger partial charge in [0, 0.05) is 25.5 Å². The number of rotatable bonds is 5. The Bertz CT molecular complexity index is 1330. The van der Waals surface area contributed by atoms with Gasteiger partial charge >= 0.3 is 5.97 Å². The largest absolute Gasteiger partial charge is 0.478 e. The number of carboxylic acids is 1. The first-order valence-electron chi connectivity index (χ1n) is 10.6. The van der Waals surface area contributed by atoms with Gasteiger partial charge in [-0.05, 0) is 37.0 Å². The summed E-state index contributed by atoms with van der Waals surface area (Å²) >= 11 is 0. The molecule has 0 radical (unpaired) electrons. The van der Waals surface area contributed by atoms with Gasteiger partial charge in [-0.2, -0.15) is 0 Å². The molecule has 1 N–H and O–H groups in total. The van der Waals surface area contributed by atoms with E-state index in [1.165, 1.54) is 12.5 Å². The van der Waals surface area contributed by atoms with Gasteiger partial charge in [0.2, 0.25) is 5.95 Å². The Hall–Kier alpha value is -3.01. The molecule has 3 aromatic rings. The number of imidazole rings is 1. The number of aromatic nitrogens is 4. The van der Waals surface area contributed by atoms with Crippen molar-refractivity contribution in [3.8, 4) is 0 Å². The Kier molecular flexibility index (Phi) is 5.44. The molecular formula is C22H27N5O4S. The number of sulfone groups is 1. The third kappa shape index (κ3) is 3.62. The van der Waals surface area contributed by atoms with Gasteiger partial charge in [0.15, 0.2) is 9.84 Å². The first-order chi connectivity index (χ1) is 15.0. The molecule has 1 atom stereocenters. The van der Waals surface area contributed by atoms with E-state index in [4.69, 9.17) is 4.98 Å². The molecule has 0 spiro atoms. The second kappa shape index (κ2) is 7.84. The van der Waals surface area contributed by atoms with Crippen LogP contribution in [-0.2, 0) is 22.8 Å². The van der Waals surface area contributed by atoms with E-state index in [1.54, 1.807) is 13.0 Å². The van der Waals surface area contributed by atoms with E-state index < -0.39 is 15.8 Å². The third-order valence-corrected chi connectivity index (χ3v) is 7.17. The number of aromatic carboxylic acids is 1. The van der Waals surface area contributed by atoms with Gasteiger partial charge in [-0.15, -0.1) is 0 Å². The predicted octanol–water partition coefficient (Wildman–Crippen LogP) is 3.02. The summed E-state index contributed by atoms with van der Waals surface area (Å²) in [5.74, 6) is 0.408. The number of hydrogen-bond acceptors (Lipinski definition) is 7. The van der Waals surface area contributed by atoms with Crippen molar-refractivity contribution in [1.29, 1.82) is 0 Å². The minimum absolute atomic E-state index is 0.0829. The van der Waals surface area contributed by atoms with Crippen LogP contribution in [0, 0.1) is 12.8 Å². The summed E-state index contributed by atoms with van der Waals surface area (Å²) in [6.07, 6.45) is 3.18. The van der Waals surface area contributed by atoms with Crippen LogP contribution in [0.15, 0.2) is 23.2 Å². The second-order valence-electron chi connectivity index (χ2n) is 8.55. The standard InChI is InChI=1S/C22H27N5O4S/c1-6-14-9-16-17(10-18(14)32(5,30)31)26-7-8-27(19(12(2)3)20(26)25-16)22-23-11-15(21(28)29)13(4)24-22/h9-12,19H,6-8H2,1-5H3,(H,28,29)/t19-/m1/s1. The van der Waals surface area contributed by atoms with Gasteiger partial charge in [0.1, 0.15) is 5.82 Å². The highest BCUT2D eigenvalue weighted by atomic mass is 32.2. The Morgan fingerprint density at radius 3 is 2.53 bits per heavy atom. The van der Waals surface area contributed by atoms with Gasteiger partial charge in [0.25, 0.3) is 0 Å². The van der Waals surface area contributed by atoms with Crippen molar-refractivity contribution in [2.24, 2.45) is 5.92 Å². The summed E-state index contributed by atoms with van der Waals surface area (Å²) in [5, 5.41) is 9.29. The van der Waals surface area contributed by atoms with Crippen LogP contribution in [0.3, 0.4) is 0 Å². The molecule has 10 heteroatoms. The lowest BCUT2D eigenvalue weighted by Crippen LogP contribution is -2.42. The van der Waals surface area contributed by atoms with Crippen LogP contribution in [0.1, 0.15) is 54.3 Å². The second-order valence-corrected chi connectivity index (χ2v) is 10.5. The van der Waals surface area contributed by atoms with E-state index in [0.29, 0.717) is 36.0 Å². The molecule has 32 heavy (non-hydrogen) atoms. The number of fused-ring (bicyclic) bond motifs is 3. The maximum absolute atomic E-state index is 12.4. The molecule has 0 aliphatic carbocycles. The van der Waals surface area contributed by atoms with Crippen LogP contribution in [0.5, 0.6) is 0 Å². The molecule has 3 heterocycles. The van der Waals surface area contributed by atoms with Crippen molar-refractivity contribution >= 4 is 32.8 Å². The summed E-state index contributed by atoms with van der Waals surface area (Å²) in [6, 6.07) is 3.48. The van der Waals surface area contributed by atoms with Crippen molar-refractivity contribution < 1.29 is 18.3 Å². The van der Waals surface area contributed by atoms with Crippen molar-refractivity contribution in [2.75, 3.05) is 17.7 Å². The lowest BCUT2D eigenvalue weighted by atomic mass is 10.00. The molecule has 9 nitrogen and oxygen atoms in total. The Labute approximate surface area is 187 Å². The number of hydrogen-bond donors (Lipinski definition) is 1. The Morgan fingerprint density at radius 1 is 1.25 bits per heavy atom. The van der Waals surface area contributed by atoms with E-state index in [9.17, 15) is 18.3 Å². The zero-order chi connectivity index (χ0) is 23.4. The number of carbonyl (C=O) groups is 1. The molecule has 1 aromatic carbocycles. The minimum Gasteiger partial charge on any atom is -0.478 e. The quantitative estimate of drug-likeness (QED) is 0.621. The van der Waals surface area contributed by atoms with Crippen molar-refractivity contribution in [3.63, 3.8) is 0 Å². The van der Waals surface area contributed by atoms with Crippen LogP contribution < -0.4 is 4.90 Å². The molecule has 0 unspecified atom stereocenters. The average Bonchev–Trinajstić information content (AvgIpc) is 3.08. The van der Waals surface area contributed by atoms with E-state index in [2.05, 4.69) is 33.3 Å². The van der Waals surface area contributed by atoms with E-state index >= 15 is 0 Å². The zero-order valence-corrected chi connectivity index (χ0v) is 19.6. The van der Waals surface area contributed by atoms with E-state index in [0.717, 1.165) is 22.4 Å². The molecule has 0 fully saturated rings. The number of benzene rings is 1. The van der Waals surface area contributed by atoms with Gasteiger partial charge in [-0.25, -0.2) is 28.2 Å². The molecule has 170 valence electrons. The van der Waals surface area contributed by atoms with Gasteiger partial charge < -0.3 is 14.6 Å². The maximum Gasteiger partial charge on any atom is 0.339 e. The molecule has 0 saturated heterocycles. The Balaban J connectivity index is 1.86. The first kappa shape index (κ1) is 22.2.